The Morgan fingerprint density at radius 3 is 2.26 bits per heavy atom. The highest BCUT2D eigenvalue weighted by atomic mass is 16.3. The third-order valence-electron chi connectivity index (χ3n) is 3.46. The number of rotatable bonds is 8. The minimum atomic E-state index is 0.0952. The molecule has 0 aliphatic carbocycles. The van der Waals surface area contributed by atoms with Gasteiger partial charge in [-0.2, -0.15) is 4.98 Å². The summed E-state index contributed by atoms with van der Waals surface area (Å²) in [6.45, 7) is 4.98. The van der Waals surface area contributed by atoms with Crippen molar-refractivity contribution in [2.45, 2.75) is 26.7 Å². The number of hydrogen-bond donors (Lipinski definition) is 4. The van der Waals surface area contributed by atoms with E-state index in [4.69, 9.17) is 0 Å². The number of nitrogens with zero attached hydrogens (tertiary/aromatic N) is 4. The van der Waals surface area contributed by atoms with Crippen molar-refractivity contribution in [2.24, 2.45) is 5.92 Å². The van der Waals surface area contributed by atoms with Crippen LogP contribution in [0.5, 0.6) is 0 Å². The van der Waals surface area contributed by atoms with Gasteiger partial charge in [-0.25, -0.2) is 15.0 Å². The molecule has 0 radical (unpaired) electrons. The predicted octanol–water partition coefficient (Wildman–Crippen LogP) is 1.50. The van der Waals surface area contributed by atoms with Gasteiger partial charge in [0.15, 0.2) is 5.82 Å². The molecule has 0 saturated carbocycles. The maximum Gasteiger partial charge on any atom is 0.225 e. The van der Waals surface area contributed by atoms with E-state index in [1.165, 1.54) is 0 Å². The lowest BCUT2D eigenvalue weighted by molar-refractivity contribution is 0.236. The summed E-state index contributed by atoms with van der Waals surface area (Å²) in [5.74, 6) is 1.84. The zero-order valence-electron chi connectivity index (χ0n) is 14.1. The molecule has 4 N–H and O–H groups in total. The minimum Gasteiger partial charge on any atom is -0.396 e. The second kappa shape index (κ2) is 7.87. The van der Waals surface area contributed by atoms with Crippen LogP contribution in [0.15, 0.2) is 0 Å². The molecule has 0 amide bonds. The van der Waals surface area contributed by atoms with Gasteiger partial charge in [0.25, 0.3) is 0 Å². The molecule has 2 heterocycles. The van der Waals surface area contributed by atoms with Crippen LogP contribution in [-0.4, -0.2) is 52.3 Å². The second-order valence-corrected chi connectivity index (χ2v) is 5.51. The molecule has 0 saturated heterocycles. The summed E-state index contributed by atoms with van der Waals surface area (Å²) in [6.07, 6.45) is 1.61. The number of nitrogens with one attached hydrogen (secondary N) is 3. The van der Waals surface area contributed by atoms with Crippen LogP contribution in [0.4, 0.5) is 17.7 Å². The Bertz CT molecular complexity index is 662. The summed E-state index contributed by atoms with van der Waals surface area (Å²) in [7, 11) is 3.56. The third-order valence-corrected chi connectivity index (χ3v) is 3.46. The highest BCUT2D eigenvalue weighted by Gasteiger charge is 2.16. The first-order valence-electron chi connectivity index (χ1n) is 7.91. The van der Waals surface area contributed by atoms with Crippen LogP contribution in [0.25, 0.3) is 11.0 Å². The average Bonchev–Trinajstić information content (AvgIpc) is 2.59. The maximum absolute atomic E-state index is 9.35. The number of hydrogen-bond acceptors (Lipinski definition) is 8. The van der Waals surface area contributed by atoms with Gasteiger partial charge in [-0.3, -0.25) is 0 Å². The monoisotopic (exact) mass is 319 g/mol. The fourth-order valence-electron chi connectivity index (χ4n) is 2.20. The first-order valence-corrected chi connectivity index (χ1v) is 7.91. The standard InChI is InChI=1S/C15H25N7O/c1-5-6-18-13-12-11(20-15(17-4)22-13)10(7-9(2)8-23)19-14(16-3)21-12/h9,23H,5-8H2,1-4H3,(H,16,19,21)(H2,17,18,20,22)/t9-/m1/s1. The summed E-state index contributed by atoms with van der Waals surface area (Å²) in [5, 5.41) is 18.6. The van der Waals surface area contributed by atoms with Crippen LogP contribution in [0.2, 0.25) is 0 Å². The Morgan fingerprint density at radius 2 is 1.65 bits per heavy atom. The van der Waals surface area contributed by atoms with E-state index in [-0.39, 0.29) is 12.5 Å². The Kier molecular flexibility index (Phi) is 5.86. The van der Waals surface area contributed by atoms with Gasteiger partial charge in [0.2, 0.25) is 11.9 Å². The zero-order chi connectivity index (χ0) is 16.8. The smallest absolute Gasteiger partial charge is 0.225 e. The number of anilines is 3. The number of aromatic nitrogens is 4. The average molecular weight is 319 g/mol. The van der Waals surface area contributed by atoms with Crippen molar-refractivity contribution in [2.75, 3.05) is 43.2 Å². The summed E-state index contributed by atoms with van der Waals surface area (Å²) in [4.78, 5) is 18.0. The van der Waals surface area contributed by atoms with Crippen LogP contribution in [0.1, 0.15) is 26.0 Å². The van der Waals surface area contributed by atoms with Crippen LogP contribution < -0.4 is 16.0 Å². The van der Waals surface area contributed by atoms with Crippen molar-refractivity contribution in [3.8, 4) is 0 Å². The zero-order valence-corrected chi connectivity index (χ0v) is 14.1. The lowest BCUT2D eigenvalue weighted by Crippen LogP contribution is -2.13. The fraction of sp³-hybridized carbons (Fsp3) is 0.600. The number of aliphatic hydroxyl groups excluding tert-OH is 1. The SMILES string of the molecule is CCCNc1nc(NC)nc2c(C[C@@H](C)CO)nc(NC)nc12. The molecule has 0 fully saturated rings. The molecule has 0 unspecified atom stereocenters. The predicted molar refractivity (Wildman–Crippen MR) is 93.0 cm³/mol. The van der Waals surface area contributed by atoms with Gasteiger partial charge < -0.3 is 21.1 Å². The summed E-state index contributed by atoms with van der Waals surface area (Å²) in [6, 6.07) is 0. The highest BCUT2D eigenvalue weighted by molar-refractivity contribution is 5.88. The molecule has 23 heavy (non-hydrogen) atoms. The van der Waals surface area contributed by atoms with E-state index in [0.29, 0.717) is 35.2 Å². The van der Waals surface area contributed by atoms with E-state index < -0.39 is 0 Å². The first-order chi connectivity index (χ1) is 11.1. The van der Waals surface area contributed by atoms with E-state index in [9.17, 15) is 5.11 Å². The highest BCUT2D eigenvalue weighted by Crippen LogP contribution is 2.25. The molecule has 0 spiro atoms. The minimum absolute atomic E-state index is 0.0952. The fourth-order valence-corrected chi connectivity index (χ4v) is 2.20. The largest absolute Gasteiger partial charge is 0.396 e. The Balaban J connectivity index is 2.63. The van der Waals surface area contributed by atoms with E-state index in [0.717, 1.165) is 18.7 Å². The summed E-state index contributed by atoms with van der Waals surface area (Å²) < 4.78 is 0. The Hall–Kier alpha value is -2.22. The molecule has 1 atom stereocenters. The molecule has 0 aliphatic rings. The van der Waals surface area contributed by atoms with Crippen molar-refractivity contribution in [3.05, 3.63) is 5.69 Å². The quantitative estimate of drug-likeness (QED) is 0.580. The van der Waals surface area contributed by atoms with Crippen LogP contribution in [-0.2, 0) is 6.42 Å². The molecular weight excluding hydrogens is 294 g/mol. The van der Waals surface area contributed by atoms with Crippen molar-refractivity contribution in [1.82, 2.24) is 19.9 Å². The van der Waals surface area contributed by atoms with Gasteiger partial charge in [-0.15, -0.1) is 0 Å². The number of aliphatic hydroxyl groups is 1. The third kappa shape index (κ3) is 3.95. The molecule has 8 heteroatoms. The van der Waals surface area contributed by atoms with Gasteiger partial charge in [0.1, 0.15) is 11.0 Å². The normalized spacial score (nSPS) is 12.2. The van der Waals surface area contributed by atoms with Gasteiger partial charge in [-0.1, -0.05) is 13.8 Å². The maximum atomic E-state index is 9.35. The first kappa shape index (κ1) is 17.1. The molecule has 126 valence electrons. The Morgan fingerprint density at radius 1 is 1.00 bits per heavy atom. The van der Waals surface area contributed by atoms with E-state index >= 15 is 0 Å². The summed E-state index contributed by atoms with van der Waals surface area (Å²) >= 11 is 0. The molecule has 2 aromatic heterocycles. The lowest BCUT2D eigenvalue weighted by Gasteiger charge is -2.14. The van der Waals surface area contributed by atoms with Gasteiger partial charge in [0, 0.05) is 27.2 Å². The van der Waals surface area contributed by atoms with Gasteiger partial charge in [0.05, 0.1) is 5.69 Å². The molecule has 8 nitrogen and oxygen atoms in total. The molecule has 0 bridgehead atoms. The van der Waals surface area contributed by atoms with E-state index in [1.54, 1.807) is 14.1 Å². The van der Waals surface area contributed by atoms with Crippen LogP contribution >= 0.6 is 0 Å². The van der Waals surface area contributed by atoms with E-state index in [2.05, 4.69) is 42.8 Å². The van der Waals surface area contributed by atoms with Gasteiger partial charge >= 0.3 is 0 Å². The lowest BCUT2D eigenvalue weighted by atomic mass is 10.1. The topological polar surface area (TPSA) is 108 Å². The molecule has 0 aliphatic heterocycles. The summed E-state index contributed by atoms with van der Waals surface area (Å²) in [5.41, 5.74) is 2.21. The second-order valence-electron chi connectivity index (χ2n) is 5.51. The molecule has 0 aromatic carbocycles. The van der Waals surface area contributed by atoms with Gasteiger partial charge in [-0.05, 0) is 18.8 Å². The van der Waals surface area contributed by atoms with Crippen molar-refractivity contribution in [3.63, 3.8) is 0 Å². The van der Waals surface area contributed by atoms with Crippen LogP contribution in [0.3, 0.4) is 0 Å². The molecule has 2 rings (SSSR count). The molecule has 2 aromatic rings. The number of fused-ring (bicyclic) bond motifs is 1. The van der Waals surface area contributed by atoms with Crippen molar-refractivity contribution < 1.29 is 5.11 Å². The van der Waals surface area contributed by atoms with E-state index in [1.807, 2.05) is 6.92 Å². The van der Waals surface area contributed by atoms with Crippen molar-refractivity contribution >= 4 is 28.7 Å². The molecular formula is C15H25N7O. The Labute approximate surface area is 136 Å². The van der Waals surface area contributed by atoms with Crippen LogP contribution in [0, 0.1) is 5.92 Å². The van der Waals surface area contributed by atoms with Crippen molar-refractivity contribution in [1.29, 1.82) is 0 Å².